The Balaban J connectivity index is 2.20. The molecule has 2 rings (SSSR count). The van der Waals surface area contributed by atoms with Crippen molar-refractivity contribution >= 4 is 17.6 Å². The molecule has 0 radical (unpaired) electrons. The van der Waals surface area contributed by atoms with Crippen LogP contribution in [0.4, 0.5) is 0 Å². The number of carbonyl (C=O) groups is 1. The lowest BCUT2D eigenvalue weighted by Gasteiger charge is -2.12. The Hall–Kier alpha value is -1.81. The number of hydrogen-bond donors (Lipinski definition) is 0. The van der Waals surface area contributed by atoms with Crippen molar-refractivity contribution in [2.24, 2.45) is 0 Å². The maximum Gasteiger partial charge on any atom is 0.341 e. The molecule has 0 aliphatic carbocycles. The molecular formula is C14H15ClN2O2. The van der Waals surface area contributed by atoms with Gasteiger partial charge in [-0.3, -0.25) is 4.68 Å². The average molecular weight is 279 g/mol. The summed E-state index contributed by atoms with van der Waals surface area (Å²) in [5.41, 5.74) is 1.49. The molecule has 100 valence electrons. The van der Waals surface area contributed by atoms with E-state index in [-0.39, 0.29) is 12.0 Å². The molecule has 0 aliphatic rings. The van der Waals surface area contributed by atoms with Gasteiger partial charge in [0.1, 0.15) is 0 Å². The molecule has 5 heteroatoms. The Bertz CT molecular complexity index is 580. The third kappa shape index (κ3) is 3.15. The lowest BCUT2D eigenvalue weighted by Crippen LogP contribution is -2.08. The number of carbonyl (C=O) groups excluding carboxylic acids is 1. The van der Waals surface area contributed by atoms with Crippen molar-refractivity contribution in [2.75, 3.05) is 6.61 Å². The van der Waals surface area contributed by atoms with Crippen molar-refractivity contribution in [3.63, 3.8) is 0 Å². The first-order valence-electron chi connectivity index (χ1n) is 6.08. The number of nitrogens with zero attached hydrogens (tertiary/aromatic N) is 2. The van der Waals surface area contributed by atoms with Crippen molar-refractivity contribution in [1.82, 2.24) is 9.78 Å². The Labute approximate surface area is 116 Å². The van der Waals surface area contributed by atoms with Crippen molar-refractivity contribution in [3.8, 4) is 0 Å². The highest BCUT2D eigenvalue weighted by Gasteiger charge is 2.13. The van der Waals surface area contributed by atoms with Crippen LogP contribution in [0.25, 0.3) is 0 Å². The van der Waals surface area contributed by atoms with E-state index in [4.69, 9.17) is 16.3 Å². The van der Waals surface area contributed by atoms with Crippen LogP contribution in [0.1, 0.15) is 35.8 Å². The molecule has 19 heavy (non-hydrogen) atoms. The largest absolute Gasteiger partial charge is 0.462 e. The van der Waals surface area contributed by atoms with E-state index in [1.165, 1.54) is 6.20 Å². The SMILES string of the molecule is CCOC(=O)c1cnn([C@H](C)c2cccc(Cl)c2)c1. The van der Waals surface area contributed by atoms with Gasteiger partial charge in [-0.2, -0.15) is 5.10 Å². The van der Waals surface area contributed by atoms with Crippen LogP contribution in [-0.2, 0) is 4.74 Å². The normalized spacial score (nSPS) is 12.2. The van der Waals surface area contributed by atoms with Gasteiger partial charge in [0.2, 0.25) is 0 Å². The Morgan fingerprint density at radius 2 is 2.32 bits per heavy atom. The van der Waals surface area contributed by atoms with Crippen LogP contribution >= 0.6 is 11.6 Å². The van der Waals surface area contributed by atoms with Gasteiger partial charge in [-0.25, -0.2) is 4.79 Å². The molecule has 1 aromatic heterocycles. The fourth-order valence-electron chi connectivity index (χ4n) is 1.79. The summed E-state index contributed by atoms with van der Waals surface area (Å²) in [5.74, 6) is -0.355. The smallest absolute Gasteiger partial charge is 0.341 e. The van der Waals surface area contributed by atoms with Gasteiger partial charge in [0.15, 0.2) is 0 Å². The van der Waals surface area contributed by atoms with Crippen LogP contribution in [0.3, 0.4) is 0 Å². The summed E-state index contributed by atoms with van der Waals surface area (Å²) in [7, 11) is 0. The van der Waals surface area contributed by atoms with E-state index in [9.17, 15) is 4.79 Å². The lowest BCUT2D eigenvalue weighted by atomic mass is 10.1. The van der Waals surface area contributed by atoms with Gasteiger partial charge < -0.3 is 4.74 Å². The molecule has 0 amide bonds. The molecule has 4 nitrogen and oxygen atoms in total. The van der Waals surface area contributed by atoms with Crippen LogP contribution in [0, 0.1) is 0 Å². The predicted molar refractivity (Wildman–Crippen MR) is 73.4 cm³/mol. The molecule has 0 N–H and O–H groups in total. The molecule has 0 fully saturated rings. The Kier molecular flexibility index (Phi) is 4.22. The summed E-state index contributed by atoms with van der Waals surface area (Å²) in [6.45, 7) is 4.12. The second-order valence-electron chi connectivity index (χ2n) is 4.16. The summed E-state index contributed by atoms with van der Waals surface area (Å²) in [4.78, 5) is 11.6. The predicted octanol–water partition coefficient (Wildman–Crippen LogP) is 3.32. The van der Waals surface area contributed by atoms with Gasteiger partial charge in [0.25, 0.3) is 0 Å². The maximum absolute atomic E-state index is 11.6. The minimum Gasteiger partial charge on any atom is -0.462 e. The van der Waals surface area contributed by atoms with E-state index in [1.54, 1.807) is 17.8 Å². The van der Waals surface area contributed by atoms with Crippen LogP contribution in [-0.4, -0.2) is 22.4 Å². The number of halogens is 1. The zero-order chi connectivity index (χ0) is 13.8. The van der Waals surface area contributed by atoms with Crippen molar-refractivity contribution in [1.29, 1.82) is 0 Å². The Morgan fingerprint density at radius 1 is 1.53 bits per heavy atom. The van der Waals surface area contributed by atoms with Crippen LogP contribution in [0.2, 0.25) is 5.02 Å². The lowest BCUT2D eigenvalue weighted by molar-refractivity contribution is 0.0526. The third-order valence-electron chi connectivity index (χ3n) is 2.84. The van der Waals surface area contributed by atoms with E-state index in [0.717, 1.165) is 5.56 Å². The number of benzene rings is 1. The number of hydrogen-bond acceptors (Lipinski definition) is 3. The molecular weight excluding hydrogens is 264 g/mol. The molecule has 0 bridgehead atoms. The molecule has 0 aliphatic heterocycles. The van der Waals surface area contributed by atoms with Gasteiger partial charge >= 0.3 is 5.97 Å². The monoisotopic (exact) mass is 278 g/mol. The second-order valence-corrected chi connectivity index (χ2v) is 4.60. The molecule has 1 heterocycles. The van der Waals surface area contributed by atoms with E-state index in [2.05, 4.69) is 5.10 Å². The fraction of sp³-hybridized carbons (Fsp3) is 0.286. The number of rotatable bonds is 4. The van der Waals surface area contributed by atoms with Crippen molar-refractivity contribution < 1.29 is 9.53 Å². The molecule has 0 unspecified atom stereocenters. The summed E-state index contributed by atoms with van der Waals surface area (Å²) >= 11 is 5.97. The van der Waals surface area contributed by atoms with E-state index in [1.807, 2.05) is 31.2 Å². The van der Waals surface area contributed by atoms with Crippen molar-refractivity contribution in [3.05, 3.63) is 52.8 Å². The summed E-state index contributed by atoms with van der Waals surface area (Å²) in [6.07, 6.45) is 3.20. The first-order valence-corrected chi connectivity index (χ1v) is 6.46. The number of ether oxygens (including phenoxy) is 1. The molecule has 0 saturated heterocycles. The minimum atomic E-state index is -0.355. The van der Waals surface area contributed by atoms with Crippen LogP contribution < -0.4 is 0 Å². The van der Waals surface area contributed by atoms with Crippen LogP contribution in [0.5, 0.6) is 0 Å². The minimum absolute atomic E-state index is 0.00174. The molecule has 1 aromatic carbocycles. The molecule has 0 saturated carbocycles. The van der Waals surface area contributed by atoms with Gasteiger partial charge in [-0.15, -0.1) is 0 Å². The van der Waals surface area contributed by atoms with Crippen molar-refractivity contribution in [2.45, 2.75) is 19.9 Å². The topological polar surface area (TPSA) is 44.1 Å². The summed E-state index contributed by atoms with van der Waals surface area (Å²) in [5, 5.41) is 4.88. The number of aromatic nitrogens is 2. The first-order chi connectivity index (χ1) is 9.11. The summed E-state index contributed by atoms with van der Waals surface area (Å²) < 4.78 is 6.65. The first kappa shape index (κ1) is 13.6. The van der Waals surface area contributed by atoms with Crippen LogP contribution in [0.15, 0.2) is 36.7 Å². The summed E-state index contributed by atoms with van der Waals surface area (Å²) in [6, 6.07) is 7.58. The van der Waals surface area contributed by atoms with Gasteiger partial charge in [0, 0.05) is 11.2 Å². The third-order valence-corrected chi connectivity index (χ3v) is 3.08. The highest BCUT2D eigenvalue weighted by atomic mass is 35.5. The highest BCUT2D eigenvalue weighted by molar-refractivity contribution is 6.30. The quantitative estimate of drug-likeness (QED) is 0.806. The number of esters is 1. The highest BCUT2D eigenvalue weighted by Crippen LogP contribution is 2.21. The molecule has 1 atom stereocenters. The van der Waals surface area contributed by atoms with Gasteiger partial charge in [0.05, 0.1) is 24.4 Å². The van der Waals surface area contributed by atoms with E-state index in [0.29, 0.717) is 17.2 Å². The standard InChI is InChI=1S/C14H15ClN2O2/c1-3-19-14(18)12-8-16-17(9-12)10(2)11-5-4-6-13(15)7-11/h4-10H,3H2,1-2H3/t10-/m1/s1. The van der Waals surface area contributed by atoms with Gasteiger partial charge in [-0.1, -0.05) is 23.7 Å². The zero-order valence-electron chi connectivity index (χ0n) is 10.8. The Morgan fingerprint density at radius 3 is 3.00 bits per heavy atom. The van der Waals surface area contributed by atoms with E-state index >= 15 is 0 Å². The fourth-order valence-corrected chi connectivity index (χ4v) is 1.99. The molecule has 2 aromatic rings. The average Bonchev–Trinajstić information content (AvgIpc) is 2.88. The zero-order valence-corrected chi connectivity index (χ0v) is 11.6. The van der Waals surface area contributed by atoms with Gasteiger partial charge in [-0.05, 0) is 31.5 Å². The maximum atomic E-state index is 11.6. The second kappa shape index (κ2) is 5.89. The van der Waals surface area contributed by atoms with E-state index < -0.39 is 0 Å². The molecule has 0 spiro atoms.